The second kappa shape index (κ2) is 10.6. The van der Waals surface area contributed by atoms with E-state index in [1.807, 2.05) is 24.3 Å². The first-order chi connectivity index (χ1) is 18.3. The normalized spacial score (nSPS) is 11.3. The summed E-state index contributed by atoms with van der Waals surface area (Å²) in [6, 6.07) is 38.8. The van der Waals surface area contributed by atoms with Gasteiger partial charge in [0.15, 0.2) is 0 Å². The van der Waals surface area contributed by atoms with Crippen LogP contribution in [0.1, 0.15) is 50.7 Å². The van der Waals surface area contributed by atoms with E-state index in [1.54, 1.807) is 0 Å². The van der Waals surface area contributed by atoms with Gasteiger partial charge in [-0.3, -0.25) is 0 Å². The summed E-state index contributed by atoms with van der Waals surface area (Å²) in [5.41, 5.74) is 26.1. The fraction of sp³-hybridized carbons (Fsp3) is 0.167. The molecule has 0 amide bonds. The van der Waals surface area contributed by atoms with Crippen molar-refractivity contribution in [2.24, 2.45) is 0 Å². The van der Waals surface area contributed by atoms with E-state index in [9.17, 15) is 0 Å². The van der Waals surface area contributed by atoms with Crippen molar-refractivity contribution in [3.8, 4) is 44.5 Å². The minimum Gasteiger partial charge on any atom is -0.399 e. The molecular weight excluding hydrogens is 460 g/mol. The van der Waals surface area contributed by atoms with Crippen LogP contribution in [0.5, 0.6) is 0 Å². The molecule has 2 nitrogen and oxygen atoms in total. The summed E-state index contributed by atoms with van der Waals surface area (Å²) in [7, 11) is 0. The first-order valence-corrected chi connectivity index (χ1v) is 13.4. The SMILES string of the molecule is CC(C)c1cccc(-c2ccc(-c3cccc(C(C)C)c3-c3ccc(N)cc3)cc2)c1-c1ccc(N)cc1. The van der Waals surface area contributed by atoms with Gasteiger partial charge in [0.2, 0.25) is 0 Å². The molecule has 190 valence electrons. The predicted octanol–water partition coefficient (Wildman–Crippen LogP) is 9.77. The Balaban J connectivity index is 1.63. The van der Waals surface area contributed by atoms with Gasteiger partial charge in [-0.25, -0.2) is 0 Å². The Labute approximate surface area is 227 Å². The number of benzene rings is 5. The molecule has 0 radical (unpaired) electrons. The molecule has 0 spiro atoms. The number of hydrogen-bond acceptors (Lipinski definition) is 2. The van der Waals surface area contributed by atoms with Crippen LogP contribution in [0.25, 0.3) is 44.5 Å². The lowest BCUT2D eigenvalue weighted by Gasteiger charge is -2.20. The van der Waals surface area contributed by atoms with E-state index in [2.05, 4.69) is 113 Å². The maximum absolute atomic E-state index is 6.01. The predicted molar refractivity (Wildman–Crippen MR) is 165 cm³/mol. The molecule has 0 saturated heterocycles. The summed E-state index contributed by atoms with van der Waals surface area (Å²) in [6.45, 7) is 9.01. The van der Waals surface area contributed by atoms with E-state index in [0.29, 0.717) is 11.8 Å². The molecule has 38 heavy (non-hydrogen) atoms. The van der Waals surface area contributed by atoms with E-state index >= 15 is 0 Å². The quantitative estimate of drug-likeness (QED) is 0.230. The van der Waals surface area contributed by atoms with Gasteiger partial charge in [0, 0.05) is 11.4 Å². The van der Waals surface area contributed by atoms with Crippen molar-refractivity contribution in [1.29, 1.82) is 0 Å². The van der Waals surface area contributed by atoms with Crippen LogP contribution in [0.15, 0.2) is 109 Å². The largest absolute Gasteiger partial charge is 0.399 e. The molecule has 0 fully saturated rings. The third kappa shape index (κ3) is 4.95. The van der Waals surface area contributed by atoms with Crippen LogP contribution in [0.4, 0.5) is 11.4 Å². The van der Waals surface area contributed by atoms with Gasteiger partial charge in [-0.1, -0.05) is 113 Å². The summed E-state index contributed by atoms with van der Waals surface area (Å²) in [4.78, 5) is 0. The van der Waals surface area contributed by atoms with Crippen LogP contribution < -0.4 is 11.5 Å². The molecule has 2 heteroatoms. The van der Waals surface area contributed by atoms with E-state index in [1.165, 1.54) is 55.6 Å². The maximum atomic E-state index is 6.01. The average molecular weight is 497 g/mol. The number of nitrogens with two attached hydrogens (primary N) is 2. The smallest absolute Gasteiger partial charge is 0.0314 e. The summed E-state index contributed by atoms with van der Waals surface area (Å²) in [5, 5.41) is 0. The minimum atomic E-state index is 0.406. The first kappa shape index (κ1) is 25.4. The summed E-state index contributed by atoms with van der Waals surface area (Å²) in [5.74, 6) is 0.811. The molecule has 0 heterocycles. The standard InChI is InChI=1S/C36H36N2/c1-23(2)31-7-5-9-33(35(31)27-15-19-29(37)20-16-27)25-11-13-26(14-12-25)34-10-6-8-32(24(3)4)36(34)28-17-21-30(38)22-18-28/h5-24H,37-38H2,1-4H3. The highest BCUT2D eigenvalue weighted by atomic mass is 14.5. The molecule has 0 aliphatic rings. The Morgan fingerprint density at radius 2 is 0.711 bits per heavy atom. The van der Waals surface area contributed by atoms with E-state index in [-0.39, 0.29) is 0 Å². The van der Waals surface area contributed by atoms with Crippen LogP contribution in [-0.2, 0) is 0 Å². The summed E-state index contributed by atoms with van der Waals surface area (Å²) >= 11 is 0. The Morgan fingerprint density at radius 1 is 0.395 bits per heavy atom. The van der Waals surface area contributed by atoms with E-state index in [4.69, 9.17) is 11.5 Å². The van der Waals surface area contributed by atoms with Crippen LogP contribution in [0.3, 0.4) is 0 Å². The number of nitrogen functional groups attached to an aromatic ring is 2. The Hall–Kier alpha value is -4.30. The molecule has 5 aromatic rings. The molecule has 4 N–H and O–H groups in total. The third-order valence-corrected chi connectivity index (χ3v) is 7.34. The van der Waals surface area contributed by atoms with Gasteiger partial charge in [0.25, 0.3) is 0 Å². The molecule has 0 atom stereocenters. The minimum absolute atomic E-state index is 0.406. The van der Waals surface area contributed by atoms with Crippen LogP contribution in [0, 0.1) is 0 Å². The second-order valence-electron chi connectivity index (χ2n) is 10.7. The third-order valence-electron chi connectivity index (χ3n) is 7.34. The topological polar surface area (TPSA) is 52.0 Å². The van der Waals surface area contributed by atoms with Gasteiger partial charge in [-0.2, -0.15) is 0 Å². The Bertz CT molecular complexity index is 1420. The highest BCUT2D eigenvalue weighted by molar-refractivity contribution is 5.90. The molecule has 0 aromatic heterocycles. The van der Waals surface area contributed by atoms with Crippen LogP contribution in [-0.4, -0.2) is 0 Å². The molecule has 0 saturated carbocycles. The molecule has 5 rings (SSSR count). The zero-order chi connectivity index (χ0) is 26.8. The van der Waals surface area contributed by atoms with Crippen molar-refractivity contribution >= 4 is 11.4 Å². The van der Waals surface area contributed by atoms with Gasteiger partial charge < -0.3 is 11.5 Å². The van der Waals surface area contributed by atoms with Crippen LogP contribution >= 0.6 is 0 Å². The Kier molecular flexibility index (Phi) is 7.07. The molecular formula is C36H36N2. The van der Waals surface area contributed by atoms with E-state index < -0.39 is 0 Å². The fourth-order valence-electron chi connectivity index (χ4n) is 5.36. The lowest BCUT2D eigenvalue weighted by Crippen LogP contribution is -1.97. The van der Waals surface area contributed by atoms with Crippen molar-refractivity contribution in [1.82, 2.24) is 0 Å². The van der Waals surface area contributed by atoms with E-state index in [0.717, 1.165) is 11.4 Å². The zero-order valence-electron chi connectivity index (χ0n) is 22.7. The highest BCUT2D eigenvalue weighted by Gasteiger charge is 2.17. The number of rotatable bonds is 6. The number of anilines is 2. The molecule has 0 unspecified atom stereocenters. The lowest BCUT2D eigenvalue weighted by atomic mass is 9.84. The summed E-state index contributed by atoms with van der Waals surface area (Å²) < 4.78 is 0. The average Bonchev–Trinajstić information content (AvgIpc) is 2.93. The Morgan fingerprint density at radius 3 is 1.03 bits per heavy atom. The molecule has 5 aromatic carbocycles. The summed E-state index contributed by atoms with van der Waals surface area (Å²) in [6.07, 6.45) is 0. The number of hydrogen-bond donors (Lipinski definition) is 2. The zero-order valence-corrected chi connectivity index (χ0v) is 22.7. The van der Waals surface area contributed by atoms with Crippen LogP contribution in [0.2, 0.25) is 0 Å². The maximum Gasteiger partial charge on any atom is 0.0314 e. The van der Waals surface area contributed by atoms with Crippen molar-refractivity contribution < 1.29 is 0 Å². The van der Waals surface area contributed by atoms with Gasteiger partial charge in [-0.15, -0.1) is 0 Å². The second-order valence-corrected chi connectivity index (χ2v) is 10.7. The van der Waals surface area contributed by atoms with Crippen molar-refractivity contribution in [2.45, 2.75) is 39.5 Å². The van der Waals surface area contributed by atoms with Gasteiger partial charge in [0.1, 0.15) is 0 Å². The van der Waals surface area contributed by atoms with Gasteiger partial charge in [0.05, 0.1) is 0 Å². The molecule has 0 aliphatic heterocycles. The fourth-order valence-corrected chi connectivity index (χ4v) is 5.36. The first-order valence-electron chi connectivity index (χ1n) is 13.4. The van der Waals surface area contributed by atoms with Crippen molar-refractivity contribution in [3.63, 3.8) is 0 Å². The van der Waals surface area contributed by atoms with Gasteiger partial charge >= 0.3 is 0 Å². The molecule has 0 bridgehead atoms. The van der Waals surface area contributed by atoms with Crippen molar-refractivity contribution in [2.75, 3.05) is 11.5 Å². The highest BCUT2D eigenvalue weighted by Crippen LogP contribution is 2.41. The monoisotopic (exact) mass is 496 g/mol. The lowest BCUT2D eigenvalue weighted by molar-refractivity contribution is 0.869. The van der Waals surface area contributed by atoms with Gasteiger partial charge in [-0.05, 0) is 91.7 Å². The molecule has 0 aliphatic carbocycles. The van der Waals surface area contributed by atoms with Crippen molar-refractivity contribution in [3.05, 3.63) is 120 Å².